The Morgan fingerprint density at radius 1 is 1.00 bits per heavy atom. The van der Waals surface area contributed by atoms with Gasteiger partial charge in [0.2, 0.25) is 5.95 Å². The van der Waals surface area contributed by atoms with E-state index in [1.807, 2.05) is 65.4 Å². The summed E-state index contributed by atoms with van der Waals surface area (Å²) in [4.78, 5) is 4.49. The summed E-state index contributed by atoms with van der Waals surface area (Å²) in [6.07, 6.45) is 3.69. The molecule has 1 aliphatic rings. The van der Waals surface area contributed by atoms with Crippen molar-refractivity contribution in [1.29, 1.82) is 0 Å². The van der Waals surface area contributed by atoms with Gasteiger partial charge >= 0.3 is 0 Å². The number of anilines is 1. The molecule has 22 heavy (non-hydrogen) atoms. The second-order valence-electron chi connectivity index (χ2n) is 4.87. The number of hydrazine groups is 1. The third-order valence-corrected chi connectivity index (χ3v) is 3.36. The van der Waals surface area contributed by atoms with Crippen molar-refractivity contribution in [2.45, 2.75) is 0 Å². The molecular formula is C16H14N6. The Morgan fingerprint density at radius 2 is 1.82 bits per heavy atom. The Bertz CT molecular complexity index is 863. The molecule has 0 spiro atoms. The predicted octanol–water partition coefficient (Wildman–Crippen LogP) is 2.35. The molecule has 0 fully saturated rings. The number of rotatable bonds is 3. The molecule has 0 unspecified atom stereocenters. The van der Waals surface area contributed by atoms with Gasteiger partial charge in [0.05, 0.1) is 23.4 Å². The van der Waals surface area contributed by atoms with Gasteiger partial charge in [0.15, 0.2) is 5.82 Å². The number of fused-ring (bicyclic) bond motifs is 3. The van der Waals surface area contributed by atoms with Crippen molar-refractivity contribution in [3.8, 4) is 0 Å². The van der Waals surface area contributed by atoms with Crippen LogP contribution in [0.2, 0.25) is 0 Å². The fourth-order valence-electron chi connectivity index (χ4n) is 2.32. The van der Waals surface area contributed by atoms with Crippen molar-refractivity contribution in [2.75, 3.05) is 5.43 Å². The Morgan fingerprint density at radius 3 is 2.73 bits per heavy atom. The monoisotopic (exact) mass is 290 g/mol. The van der Waals surface area contributed by atoms with E-state index in [1.165, 1.54) is 0 Å². The highest BCUT2D eigenvalue weighted by molar-refractivity contribution is 5.82. The minimum Gasteiger partial charge on any atom is -0.281 e. The summed E-state index contributed by atoms with van der Waals surface area (Å²) in [5, 5.41) is 4.22. The maximum atomic E-state index is 4.49. The summed E-state index contributed by atoms with van der Waals surface area (Å²) in [6.45, 7) is 0. The van der Waals surface area contributed by atoms with Gasteiger partial charge < -0.3 is 0 Å². The third kappa shape index (κ3) is 2.26. The highest BCUT2D eigenvalue weighted by Gasteiger charge is 2.13. The van der Waals surface area contributed by atoms with Crippen molar-refractivity contribution >= 4 is 29.4 Å². The number of para-hydroxylation sites is 2. The highest BCUT2D eigenvalue weighted by Crippen LogP contribution is 2.21. The van der Waals surface area contributed by atoms with Gasteiger partial charge in [-0.3, -0.25) is 20.8 Å². The van der Waals surface area contributed by atoms with Crippen LogP contribution in [0, 0.1) is 0 Å². The zero-order valence-corrected chi connectivity index (χ0v) is 11.7. The molecule has 4 rings (SSSR count). The molecule has 3 aromatic rings. The summed E-state index contributed by atoms with van der Waals surface area (Å²) in [6, 6.07) is 17.9. The lowest BCUT2D eigenvalue weighted by molar-refractivity contribution is 0.753. The summed E-state index contributed by atoms with van der Waals surface area (Å²) >= 11 is 0. The van der Waals surface area contributed by atoms with Crippen molar-refractivity contribution in [3.05, 3.63) is 66.0 Å². The van der Waals surface area contributed by atoms with E-state index < -0.39 is 0 Å². The fourth-order valence-corrected chi connectivity index (χ4v) is 2.32. The second-order valence-corrected chi connectivity index (χ2v) is 4.87. The van der Waals surface area contributed by atoms with E-state index in [0.29, 0.717) is 0 Å². The van der Waals surface area contributed by atoms with Crippen LogP contribution < -0.4 is 16.3 Å². The van der Waals surface area contributed by atoms with Crippen LogP contribution in [-0.2, 0) is 0 Å². The van der Waals surface area contributed by atoms with Gasteiger partial charge in [0.25, 0.3) is 0 Å². The van der Waals surface area contributed by atoms with Gasteiger partial charge in [-0.05, 0) is 17.7 Å². The van der Waals surface area contributed by atoms with Crippen molar-refractivity contribution in [1.82, 2.24) is 20.4 Å². The van der Waals surface area contributed by atoms with E-state index in [-0.39, 0.29) is 0 Å². The van der Waals surface area contributed by atoms with E-state index in [9.17, 15) is 0 Å². The first-order chi connectivity index (χ1) is 10.9. The largest absolute Gasteiger partial charge is 0.281 e. The van der Waals surface area contributed by atoms with Gasteiger partial charge in [0, 0.05) is 0 Å². The molecule has 1 aliphatic heterocycles. The predicted molar refractivity (Wildman–Crippen MR) is 87.9 cm³/mol. The van der Waals surface area contributed by atoms with Crippen LogP contribution in [0.1, 0.15) is 5.56 Å². The molecule has 108 valence electrons. The average molecular weight is 290 g/mol. The molecule has 0 saturated heterocycles. The minimum atomic E-state index is 0.739. The molecule has 2 aromatic carbocycles. The number of imidazole rings is 1. The standard InChI is InChI=1S/C16H14N6/c1-2-6-12(7-3-1)10-17-19-15-11-22-14-9-5-4-8-13(14)18-16(22)21-20-15/h1-11,19-20H,(H,18,21). The summed E-state index contributed by atoms with van der Waals surface area (Å²) in [7, 11) is 0. The number of nitrogens with one attached hydrogen (secondary N) is 3. The molecule has 6 nitrogen and oxygen atoms in total. The first-order valence-electron chi connectivity index (χ1n) is 6.95. The quantitative estimate of drug-likeness (QED) is 0.512. The van der Waals surface area contributed by atoms with Gasteiger partial charge in [-0.1, -0.05) is 42.5 Å². The van der Waals surface area contributed by atoms with Crippen LogP contribution in [0.3, 0.4) is 0 Å². The van der Waals surface area contributed by atoms with E-state index in [2.05, 4.69) is 26.4 Å². The molecule has 0 radical (unpaired) electrons. The molecule has 0 aliphatic carbocycles. The number of hydrogen-bond acceptors (Lipinski definition) is 5. The van der Waals surface area contributed by atoms with E-state index in [1.54, 1.807) is 6.21 Å². The molecule has 0 saturated carbocycles. The Balaban J connectivity index is 1.58. The normalized spacial score (nSPS) is 13.4. The van der Waals surface area contributed by atoms with Gasteiger partial charge in [0.1, 0.15) is 0 Å². The fraction of sp³-hybridized carbons (Fsp3) is 0. The first kappa shape index (κ1) is 12.5. The zero-order chi connectivity index (χ0) is 14.8. The number of aromatic nitrogens is 2. The van der Waals surface area contributed by atoms with E-state index >= 15 is 0 Å². The Kier molecular flexibility index (Phi) is 2.97. The summed E-state index contributed by atoms with van der Waals surface area (Å²) < 4.78 is 1.98. The lowest BCUT2D eigenvalue weighted by atomic mass is 10.2. The maximum absolute atomic E-state index is 4.49. The lowest BCUT2D eigenvalue weighted by Crippen LogP contribution is -2.32. The first-order valence-corrected chi connectivity index (χ1v) is 6.95. The van der Waals surface area contributed by atoms with Gasteiger partial charge in [-0.15, -0.1) is 0 Å². The molecule has 6 heteroatoms. The van der Waals surface area contributed by atoms with Gasteiger partial charge in [-0.25, -0.2) is 4.98 Å². The summed E-state index contributed by atoms with van der Waals surface area (Å²) in [5.74, 6) is 1.49. The average Bonchev–Trinajstić information content (AvgIpc) is 2.94. The van der Waals surface area contributed by atoms with Crippen molar-refractivity contribution in [3.63, 3.8) is 0 Å². The van der Waals surface area contributed by atoms with Gasteiger partial charge in [-0.2, -0.15) is 5.10 Å². The van der Waals surface area contributed by atoms with Crippen molar-refractivity contribution in [2.24, 2.45) is 5.10 Å². The number of hydrogen-bond donors (Lipinski definition) is 3. The maximum Gasteiger partial charge on any atom is 0.227 e. The Labute approximate surface area is 127 Å². The number of nitrogens with zero attached hydrogens (tertiary/aromatic N) is 3. The number of hydrazone groups is 1. The molecule has 0 atom stereocenters. The molecule has 3 N–H and O–H groups in total. The SMILES string of the molecule is C(=NNC1=Cn2c(nc3ccccc32)NN1)c1ccccc1. The highest BCUT2D eigenvalue weighted by atomic mass is 15.5. The van der Waals surface area contributed by atoms with Crippen molar-refractivity contribution < 1.29 is 0 Å². The van der Waals surface area contributed by atoms with E-state index in [0.717, 1.165) is 28.4 Å². The molecule has 2 heterocycles. The smallest absolute Gasteiger partial charge is 0.227 e. The molecule has 0 amide bonds. The molecular weight excluding hydrogens is 276 g/mol. The van der Waals surface area contributed by atoms with E-state index in [4.69, 9.17) is 0 Å². The van der Waals surface area contributed by atoms with Crippen LogP contribution in [0.5, 0.6) is 0 Å². The Hall–Kier alpha value is -3.28. The minimum absolute atomic E-state index is 0.739. The summed E-state index contributed by atoms with van der Waals surface area (Å²) in [5.41, 5.74) is 12.1. The lowest BCUT2D eigenvalue weighted by Gasteiger charge is -2.18. The topological polar surface area (TPSA) is 66.3 Å². The van der Waals surface area contributed by atoms with Crippen LogP contribution in [0.25, 0.3) is 17.2 Å². The van der Waals surface area contributed by atoms with Crippen LogP contribution >= 0.6 is 0 Å². The zero-order valence-electron chi connectivity index (χ0n) is 11.7. The van der Waals surface area contributed by atoms with Crippen LogP contribution in [-0.4, -0.2) is 15.8 Å². The van der Waals surface area contributed by atoms with Crippen LogP contribution in [0.15, 0.2) is 65.5 Å². The third-order valence-electron chi connectivity index (χ3n) is 3.36. The number of benzene rings is 2. The van der Waals surface area contributed by atoms with Crippen LogP contribution in [0.4, 0.5) is 5.95 Å². The molecule has 0 bridgehead atoms. The molecule has 1 aromatic heterocycles. The second kappa shape index (κ2) is 5.25.